The lowest BCUT2D eigenvalue weighted by Crippen LogP contribution is -2.41. The number of aliphatic hydroxyl groups excluding tert-OH is 1. The minimum absolute atomic E-state index is 0.0348. The van der Waals surface area contributed by atoms with E-state index < -0.39 is 0 Å². The van der Waals surface area contributed by atoms with Gasteiger partial charge in [-0.15, -0.1) is 0 Å². The minimum atomic E-state index is -0.0348. The van der Waals surface area contributed by atoms with Crippen LogP contribution in [0.15, 0.2) is 60.8 Å². The number of hydrogen-bond acceptors (Lipinski definition) is 3. The van der Waals surface area contributed by atoms with Gasteiger partial charge in [-0.2, -0.15) is 5.10 Å². The number of aromatic nitrogens is 2. The molecule has 1 fully saturated rings. The molecule has 1 aliphatic heterocycles. The molecule has 1 saturated heterocycles. The molecule has 150 valence electrons. The van der Waals surface area contributed by atoms with Crippen LogP contribution in [0.1, 0.15) is 28.8 Å². The first-order valence-corrected chi connectivity index (χ1v) is 10.3. The average Bonchev–Trinajstić information content (AvgIpc) is 3.18. The predicted molar refractivity (Wildman–Crippen MR) is 114 cm³/mol. The number of carbonyl (C=O) groups excluding carboxylic acids is 1. The largest absolute Gasteiger partial charge is 0.396 e. The van der Waals surface area contributed by atoms with Crippen molar-refractivity contribution in [1.29, 1.82) is 0 Å². The van der Waals surface area contributed by atoms with Crippen LogP contribution in [0.3, 0.4) is 0 Å². The van der Waals surface area contributed by atoms with E-state index in [4.69, 9.17) is 16.7 Å². The quantitative estimate of drug-likeness (QED) is 0.690. The molecule has 6 heteroatoms. The summed E-state index contributed by atoms with van der Waals surface area (Å²) in [5, 5.41) is 14.9. The Hall–Kier alpha value is -2.63. The molecule has 2 aromatic carbocycles. The molecule has 29 heavy (non-hydrogen) atoms. The third-order valence-corrected chi connectivity index (χ3v) is 5.61. The highest BCUT2D eigenvalue weighted by Crippen LogP contribution is 2.27. The van der Waals surface area contributed by atoms with Crippen molar-refractivity contribution in [2.75, 3.05) is 19.7 Å². The second-order valence-corrected chi connectivity index (χ2v) is 7.96. The number of nitrogens with zero attached hydrogens (tertiary/aromatic N) is 3. The van der Waals surface area contributed by atoms with Gasteiger partial charge in [0.05, 0.1) is 12.1 Å². The van der Waals surface area contributed by atoms with Crippen molar-refractivity contribution in [3.8, 4) is 11.3 Å². The van der Waals surface area contributed by atoms with Gasteiger partial charge in [-0.3, -0.25) is 9.48 Å². The Morgan fingerprint density at radius 1 is 1.14 bits per heavy atom. The van der Waals surface area contributed by atoms with Crippen molar-refractivity contribution in [2.24, 2.45) is 5.92 Å². The van der Waals surface area contributed by atoms with Crippen LogP contribution in [0.2, 0.25) is 5.02 Å². The maximum atomic E-state index is 13.4. The number of rotatable bonds is 5. The van der Waals surface area contributed by atoms with Gasteiger partial charge in [-0.25, -0.2) is 0 Å². The Balaban J connectivity index is 1.68. The second-order valence-electron chi connectivity index (χ2n) is 7.52. The summed E-state index contributed by atoms with van der Waals surface area (Å²) < 4.78 is 1.82. The fourth-order valence-corrected chi connectivity index (χ4v) is 3.95. The van der Waals surface area contributed by atoms with E-state index in [-0.39, 0.29) is 18.4 Å². The molecule has 0 bridgehead atoms. The number of carbonyl (C=O) groups is 1. The van der Waals surface area contributed by atoms with E-state index in [1.807, 2.05) is 70.4 Å². The topological polar surface area (TPSA) is 58.4 Å². The van der Waals surface area contributed by atoms with Gasteiger partial charge < -0.3 is 10.0 Å². The molecular weight excluding hydrogens is 386 g/mol. The Bertz CT molecular complexity index is 970. The first-order valence-electron chi connectivity index (χ1n) is 9.91. The first-order chi connectivity index (χ1) is 14.1. The summed E-state index contributed by atoms with van der Waals surface area (Å²) >= 11 is 6.04. The van der Waals surface area contributed by atoms with E-state index in [1.54, 1.807) is 0 Å². The summed E-state index contributed by atoms with van der Waals surface area (Å²) in [4.78, 5) is 15.2. The Labute approximate surface area is 175 Å². The first kappa shape index (κ1) is 19.7. The molecule has 4 rings (SSSR count). The second kappa shape index (κ2) is 8.80. The molecule has 1 N–H and O–H groups in total. The summed E-state index contributed by atoms with van der Waals surface area (Å²) in [6.45, 7) is 1.99. The zero-order valence-corrected chi connectivity index (χ0v) is 16.9. The van der Waals surface area contributed by atoms with Gasteiger partial charge in [0.15, 0.2) is 0 Å². The maximum Gasteiger partial charge on any atom is 0.257 e. The molecule has 1 unspecified atom stereocenters. The molecule has 1 aromatic heterocycles. The van der Waals surface area contributed by atoms with Crippen molar-refractivity contribution in [2.45, 2.75) is 19.4 Å². The summed E-state index contributed by atoms with van der Waals surface area (Å²) in [6.07, 6.45) is 3.70. The van der Waals surface area contributed by atoms with Gasteiger partial charge in [0.2, 0.25) is 0 Å². The molecule has 2 heterocycles. The van der Waals surface area contributed by atoms with Crippen LogP contribution in [-0.2, 0) is 6.54 Å². The summed E-state index contributed by atoms with van der Waals surface area (Å²) in [5.41, 5.74) is 3.23. The van der Waals surface area contributed by atoms with E-state index >= 15 is 0 Å². The van der Waals surface area contributed by atoms with E-state index in [0.29, 0.717) is 35.9 Å². The SMILES string of the molecule is O=C(c1cn(Cc2ccccc2)nc1-c1ccc(Cl)cc1)N1CCCC(CO)C1. The number of likely N-dealkylation sites (tertiary alicyclic amines) is 1. The van der Waals surface area contributed by atoms with Gasteiger partial charge in [-0.1, -0.05) is 54.1 Å². The Morgan fingerprint density at radius 2 is 1.90 bits per heavy atom. The average molecular weight is 410 g/mol. The highest BCUT2D eigenvalue weighted by Gasteiger charge is 2.27. The summed E-state index contributed by atoms with van der Waals surface area (Å²) in [6, 6.07) is 17.5. The third-order valence-electron chi connectivity index (χ3n) is 5.36. The molecule has 1 atom stereocenters. The Kier molecular flexibility index (Phi) is 5.97. The standard InChI is InChI=1S/C23H24ClN3O2/c24-20-10-8-19(9-11-20)22-21(23(29)26-12-4-7-18(13-26)16-28)15-27(25-22)14-17-5-2-1-3-6-17/h1-3,5-6,8-11,15,18,28H,4,7,12-14,16H2. The van der Waals surface area contributed by atoms with Crippen LogP contribution in [0.5, 0.6) is 0 Å². The fraction of sp³-hybridized carbons (Fsp3) is 0.304. The minimum Gasteiger partial charge on any atom is -0.396 e. The molecular formula is C23H24ClN3O2. The highest BCUT2D eigenvalue weighted by molar-refractivity contribution is 6.30. The summed E-state index contributed by atoms with van der Waals surface area (Å²) in [7, 11) is 0. The number of piperidine rings is 1. The monoisotopic (exact) mass is 409 g/mol. The van der Waals surface area contributed by atoms with Crippen LogP contribution >= 0.6 is 11.6 Å². The van der Waals surface area contributed by atoms with Crippen LogP contribution in [0.4, 0.5) is 0 Å². The van der Waals surface area contributed by atoms with Crippen LogP contribution in [0, 0.1) is 5.92 Å². The van der Waals surface area contributed by atoms with Crippen LogP contribution in [-0.4, -0.2) is 45.4 Å². The van der Waals surface area contributed by atoms with Crippen molar-refractivity contribution in [1.82, 2.24) is 14.7 Å². The maximum absolute atomic E-state index is 13.4. The lowest BCUT2D eigenvalue weighted by molar-refractivity contribution is 0.0621. The van der Waals surface area contributed by atoms with Gasteiger partial charge in [0, 0.05) is 36.5 Å². The summed E-state index contributed by atoms with van der Waals surface area (Å²) in [5.74, 6) is 0.110. The van der Waals surface area contributed by atoms with Gasteiger partial charge in [-0.05, 0) is 36.5 Å². The number of aliphatic hydroxyl groups is 1. The van der Waals surface area contributed by atoms with Gasteiger partial charge >= 0.3 is 0 Å². The molecule has 5 nitrogen and oxygen atoms in total. The molecule has 0 spiro atoms. The van der Waals surface area contributed by atoms with E-state index in [1.165, 1.54) is 0 Å². The number of benzene rings is 2. The lowest BCUT2D eigenvalue weighted by Gasteiger charge is -2.31. The lowest BCUT2D eigenvalue weighted by atomic mass is 9.98. The third kappa shape index (κ3) is 4.52. The molecule has 1 amide bonds. The predicted octanol–water partition coefficient (Wildman–Crippen LogP) is 4.10. The number of halogens is 1. The van der Waals surface area contributed by atoms with Crippen molar-refractivity contribution in [3.63, 3.8) is 0 Å². The zero-order chi connectivity index (χ0) is 20.2. The Morgan fingerprint density at radius 3 is 2.62 bits per heavy atom. The molecule has 0 radical (unpaired) electrons. The van der Waals surface area contributed by atoms with Gasteiger partial charge in [0.25, 0.3) is 5.91 Å². The van der Waals surface area contributed by atoms with E-state index in [2.05, 4.69) is 0 Å². The van der Waals surface area contributed by atoms with E-state index in [0.717, 1.165) is 24.0 Å². The molecule has 3 aromatic rings. The van der Waals surface area contributed by atoms with Crippen LogP contribution < -0.4 is 0 Å². The highest BCUT2D eigenvalue weighted by atomic mass is 35.5. The fourth-order valence-electron chi connectivity index (χ4n) is 3.82. The molecule has 0 aliphatic carbocycles. The van der Waals surface area contributed by atoms with E-state index in [9.17, 15) is 9.90 Å². The van der Waals surface area contributed by atoms with Crippen molar-refractivity contribution in [3.05, 3.63) is 76.9 Å². The smallest absolute Gasteiger partial charge is 0.257 e. The van der Waals surface area contributed by atoms with Crippen molar-refractivity contribution < 1.29 is 9.90 Å². The molecule has 1 aliphatic rings. The van der Waals surface area contributed by atoms with Crippen molar-refractivity contribution >= 4 is 17.5 Å². The number of amides is 1. The van der Waals surface area contributed by atoms with Crippen LogP contribution in [0.25, 0.3) is 11.3 Å². The number of hydrogen-bond donors (Lipinski definition) is 1. The molecule has 0 saturated carbocycles. The zero-order valence-electron chi connectivity index (χ0n) is 16.2. The normalized spacial score (nSPS) is 16.8. The van der Waals surface area contributed by atoms with Gasteiger partial charge in [0.1, 0.15) is 5.69 Å².